The molecule has 0 bridgehead atoms. The monoisotopic (exact) mass is 1140 g/mol. The van der Waals surface area contributed by atoms with Crippen LogP contribution in [0.3, 0.4) is 0 Å². The second-order valence-corrected chi connectivity index (χ2v) is 25.7. The standard InChI is InChI=1S/C48H43F2N2O.C14H15FNSi.Ir/c1-28(2)37-23-33(31-17-15-30(16-18-31)27-48(5,6)7)24-38(29(3)4)45(37)52-43-14-9-8-13-42(43)51-47(52)36-12-10-11-35-40-25-41(50)39(26-44(40)53-46(35)36)32-19-21-34(49)22-20-32;1-17(2,3)13-8-9-16-14(10-13)11-4-6-12(15)7-5-11;/h8-11,13-26,28-29H,27H2,1-7H3;4,6-10H,1-3H3;/q2*-1;/i27D2;;. The van der Waals surface area contributed by atoms with Crippen molar-refractivity contribution in [3.8, 4) is 50.6 Å². The van der Waals surface area contributed by atoms with Gasteiger partial charge in [-0.2, -0.15) is 0 Å². The number of halogens is 3. The van der Waals surface area contributed by atoms with E-state index in [9.17, 15) is 8.78 Å². The summed E-state index contributed by atoms with van der Waals surface area (Å²) in [6.45, 7) is 21.5. The van der Waals surface area contributed by atoms with Crippen molar-refractivity contribution in [1.82, 2.24) is 14.5 Å². The summed E-state index contributed by atoms with van der Waals surface area (Å²) in [6, 6.07) is 48.2. The second kappa shape index (κ2) is 20.4. The minimum atomic E-state index is -1.49. The molecule has 0 aliphatic carbocycles. The molecule has 0 unspecified atom stereocenters. The first kappa shape index (κ1) is 48.3. The van der Waals surface area contributed by atoms with Crippen molar-refractivity contribution in [1.29, 1.82) is 0 Å². The topological polar surface area (TPSA) is 43.9 Å². The van der Waals surface area contributed by atoms with E-state index in [0.717, 1.165) is 55.6 Å². The van der Waals surface area contributed by atoms with Gasteiger partial charge < -0.3 is 14.0 Å². The molecule has 10 aromatic rings. The number of nitrogens with zero attached hydrogens (tertiary/aromatic N) is 3. The van der Waals surface area contributed by atoms with Crippen molar-refractivity contribution >= 4 is 46.2 Å². The van der Waals surface area contributed by atoms with Crippen LogP contribution in [0.15, 0.2) is 150 Å². The fraction of sp³-hybridized carbons (Fsp3) is 0.226. The molecule has 0 N–H and O–H groups in total. The average Bonchev–Trinajstić information content (AvgIpc) is 3.91. The molecule has 1 radical (unpaired) electrons. The van der Waals surface area contributed by atoms with Crippen LogP contribution in [0.2, 0.25) is 19.6 Å². The van der Waals surface area contributed by atoms with E-state index in [2.05, 4.69) is 99.4 Å². The summed E-state index contributed by atoms with van der Waals surface area (Å²) in [6.07, 6.45) is 0.333. The largest absolute Gasteiger partial charge is 0.501 e. The van der Waals surface area contributed by atoms with Crippen LogP contribution < -0.4 is 5.19 Å². The number of imidazole rings is 1. The van der Waals surface area contributed by atoms with Gasteiger partial charge in [0.2, 0.25) is 0 Å². The molecular weight excluding hydrogens is 1080 g/mol. The van der Waals surface area contributed by atoms with Gasteiger partial charge in [-0.1, -0.05) is 139 Å². The molecule has 3 heterocycles. The van der Waals surface area contributed by atoms with Gasteiger partial charge in [0.1, 0.15) is 17.2 Å². The van der Waals surface area contributed by atoms with Crippen LogP contribution in [0, 0.1) is 35.0 Å². The van der Waals surface area contributed by atoms with Gasteiger partial charge in [-0.25, -0.2) is 8.78 Å². The summed E-state index contributed by atoms with van der Waals surface area (Å²) in [5, 5.41) is 2.72. The summed E-state index contributed by atoms with van der Waals surface area (Å²) in [5.74, 6) is -0.146. The summed E-state index contributed by atoms with van der Waals surface area (Å²) < 4.78 is 68.7. The Morgan fingerprint density at radius 3 is 2.01 bits per heavy atom. The third-order valence-corrected chi connectivity index (χ3v) is 14.6. The van der Waals surface area contributed by atoms with Crippen LogP contribution >= 0.6 is 0 Å². The molecule has 0 spiro atoms. The van der Waals surface area contributed by atoms with Crippen molar-refractivity contribution < 1.29 is 40.4 Å². The van der Waals surface area contributed by atoms with Crippen LogP contribution in [0.25, 0.3) is 83.6 Å². The second-order valence-electron chi connectivity index (χ2n) is 20.7. The van der Waals surface area contributed by atoms with Crippen LogP contribution in [-0.2, 0) is 26.5 Å². The van der Waals surface area contributed by atoms with E-state index in [-0.39, 0.29) is 43.6 Å². The Morgan fingerprint density at radius 1 is 0.718 bits per heavy atom. The quantitative estimate of drug-likeness (QED) is 0.107. The van der Waals surface area contributed by atoms with E-state index in [1.54, 1.807) is 24.3 Å². The van der Waals surface area contributed by atoms with Crippen LogP contribution in [0.4, 0.5) is 13.2 Å². The van der Waals surface area contributed by atoms with Crippen molar-refractivity contribution in [2.24, 2.45) is 5.41 Å². The maximum absolute atomic E-state index is 15.7. The molecule has 7 aromatic carbocycles. The normalized spacial score (nSPS) is 12.5. The summed E-state index contributed by atoms with van der Waals surface area (Å²) >= 11 is 0. The number of aromatic nitrogens is 3. The third-order valence-electron chi connectivity index (χ3n) is 12.5. The predicted molar refractivity (Wildman–Crippen MR) is 286 cm³/mol. The number of fused-ring (bicyclic) bond motifs is 4. The Morgan fingerprint density at radius 2 is 1.38 bits per heavy atom. The fourth-order valence-corrected chi connectivity index (χ4v) is 10.1. The molecule has 363 valence electrons. The van der Waals surface area contributed by atoms with Crippen molar-refractivity contribution in [2.45, 2.75) is 86.3 Å². The molecule has 0 aliphatic heterocycles. The number of hydrogen-bond donors (Lipinski definition) is 0. The molecular formula is C62H58F3IrN3OSi-2. The van der Waals surface area contributed by atoms with Gasteiger partial charge in [0.25, 0.3) is 0 Å². The smallest absolute Gasteiger partial charge is 0.131 e. The molecule has 0 saturated heterocycles. The zero-order valence-corrected chi connectivity index (χ0v) is 45.1. The first-order chi connectivity index (χ1) is 34.1. The Bertz CT molecular complexity index is 3580. The van der Waals surface area contributed by atoms with Gasteiger partial charge in [-0.05, 0) is 117 Å². The van der Waals surface area contributed by atoms with Gasteiger partial charge in [-0.15, -0.1) is 48.0 Å². The number of hydrogen-bond acceptors (Lipinski definition) is 3. The van der Waals surface area contributed by atoms with Gasteiger partial charge in [0.15, 0.2) is 0 Å². The SMILES string of the molecule is C[Si](C)(C)c1ccnc(-c2[c-]cc(F)cc2)c1.[2H]C([2H])(c1ccc(-c2cc(C(C)C)c(-n3c(-c4[c-]ccc5c4oc4cc(-c6ccc(F)cc6)c(F)cc45)nc4ccccc43)c(C(C)C)c2)cc1)C(C)(C)C.[Ir]. The van der Waals surface area contributed by atoms with E-state index < -0.39 is 25.7 Å². The first-order valence-corrected chi connectivity index (χ1v) is 27.3. The minimum Gasteiger partial charge on any atom is -0.501 e. The number of benzene rings is 7. The number of para-hydroxylation sites is 2. The van der Waals surface area contributed by atoms with Crippen LogP contribution in [-0.4, -0.2) is 22.6 Å². The van der Waals surface area contributed by atoms with Crippen molar-refractivity contribution in [3.05, 3.63) is 192 Å². The Hall–Kier alpha value is -6.38. The van der Waals surface area contributed by atoms with E-state index >= 15 is 4.39 Å². The molecule has 10 rings (SSSR count). The molecule has 9 heteroatoms. The Balaban J connectivity index is 0.000000335. The number of rotatable bonds is 9. The number of furan rings is 1. The molecule has 71 heavy (non-hydrogen) atoms. The Labute approximate surface area is 433 Å². The van der Waals surface area contributed by atoms with E-state index in [4.69, 9.17) is 12.1 Å². The third kappa shape index (κ3) is 10.8. The molecule has 0 atom stereocenters. The first-order valence-electron chi connectivity index (χ1n) is 24.8. The van der Waals surface area contributed by atoms with Gasteiger partial charge in [0, 0.05) is 51.5 Å². The maximum Gasteiger partial charge on any atom is 0.131 e. The molecule has 0 saturated carbocycles. The maximum atomic E-state index is 15.7. The van der Waals surface area contributed by atoms with E-state index in [0.29, 0.717) is 44.6 Å². The average molecular weight is 1140 g/mol. The summed E-state index contributed by atoms with van der Waals surface area (Å²) in [4.78, 5) is 9.55. The zero-order valence-electron chi connectivity index (χ0n) is 43.7. The zero-order chi connectivity index (χ0) is 51.4. The summed E-state index contributed by atoms with van der Waals surface area (Å²) in [7, 11) is -1.34. The molecule has 0 aliphatic rings. The molecule has 0 fully saturated rings. The van der Waals surface area contributed by atoms with Crippen molar-refractivity contribution in [3.63, 3.8) is 0 Å². The molecule has 0 amide bonds. The van der Waals surface area contributed by atoms with Crippen molar-refractivity contribution in [2.75, 3.05) is 0 Å². The van der Waals surface area contributed by atoms with Crippen LogP contribution in [0.1, 0.15) is 79.7 Å². The molecule has 4 nitrogen and oxygen atoms in total. The Kier molecular flexibility index (Phi) is 13.9. The molecule has 3 aromatic heterocycles. The number of pyridine rings is 1. The van der Waals surface area contributed by atoms with Crippen LogP contribution in [0.5, 0.6) is 0 Å². The fourth-order valence-electron chi connectivity index (χ4n) is 8.97. The predicted octanol–water partition coefficient (Wildman–Crippen LogP) is 17.1. The van der Waals surface area contributed by atoms with Gasteiger partial charge >= 0.3 is 0 Å². The van der Waals surface area contributed by atoms with Gasteiger partial charge in [-0.3, -0.25) is 9.37 Å². The summed E-state index contributed by atoms with van der Waals surface area (Å²) in [5.41, 5.74) is 11.6. The van der Waals surface area contributed by atoms with Gasteiger partial charge in [0.05, 0.1) is 30.5 Å². The van der Waals surface area contributed by atoms with E-state index in [1.807, 2.05) is 81.6 Å². The minimum absolute atomic E-state index is 0. The van der Waals surface area contributed by atoms with E-state index in [1.165, 1.54) is 35.5 Å².